The van der Waals surface area contributed by atoms with Crippen LogP contribution in [0.5, 0.6) is 0 Å². The van der Waals surface area contributed by atoms with Gasteiger partial charge in [-0.05, 0) is 35.3 Å². The minimum Gasteiger partial charge on any atom is -0.387 e. The SMILES string of the molecule is CC1CC(C(O)c2cc(Cl)c(Br)s2)CO1. The molecular formula is C10H12BrClO2S. The first-order valence-corrected chi connectivity index (χ1v) is 6.81. The topological polar surface area (TPSA) is 29.5 Å². The van der Waals surface area contributed by atoms with E-state index in [1.807, 2.05) is 13.0 Å². The maximum atomic E-state index is 10.1. The summed E-state index contributed by atoms with van der Waals surface area (Å²) in [5.74, 6) is 0.196. The third kappa shape index (κ3) is 2.56. The fourth-order valence-electron chi connectivity index (χ4n) is 1.81. The van der Waals surface area contributed by atoms with E-state index in [1.165, 1.54) is 11.3 Å². The van der Waals surface area contributed by atoms with Gasteiger partial charge in [-0.15, -0.1) is 11.3 Å². The quantitative estimate of drug-likeness (QED) is 0.904. The summed E-state index contributed by atoms with van der Waals surface area (Å²) < 4.78 is 6.32. The molecule has 0 radical (unpaired) electrons. The summed E-state index contributed by atoms with van der Waals surface area (Å²) in [6.45, 7) is 2.67. The van der Waals surface area contributed by atoms with Crippen molar-refractivity contribution in [3.63, 3.8) is 0 Å². The number of rotatable bonds is 2. The molecule has 0 spiro atoms. The molecule has 5 heteroatoms. The van der Waals surface area contributed by atoms with E-state index in [-0.39, 0.29) is 12.0 Å². The predicted octanol–water partition coefficient (Wildman–Crippen LogP) is 3.62. The van der Waals surface area contributed by atoms with Crippen LogP contribution in [0.2, 0.25) is 5.02 Å². The van der Waals surface area contributed by atoms with Gasteiger partial charge in [0.2, 0.25) is 0 Å². The summed E-state index contributed by atoms with van der Waals surface area (Å²) in [6, 6.07) is 1.82. The van der Waals surface area contributed by atoms with Crippen LogP contribution in [-0.4, -0.2) is 17.8 Å². The molecule has 3 unspecified atom stereocenters. The summed E-state index contributed by atoms with van der Waals surface area (Å²) >= 11 is 10.8. The maximum Gasteiger partial charge on any atom is 0.0933 e. The van der Waals surface area contributed by atoms with E-state index < -0.39 is 6.10 Å². The first kappa shape index (κ1) is 11.9. The lowest BCUT2D eigenvalue weighted by atomic mass is 9.98. The number of ether oxygens (including phenoxy) is 1. The van der Waals surface area contributed by atoms with Crippen LogP contribution in [0, 0.1) is 5.92 Å². The lowest BCUT2D eigenvalue weighted by molar-refractivity contribution is 0.0822. The van der Waals surface area contributed by atoms with Crippen LogP contribution < -0.4 is 0 Å². The molecule has 0 aromatic carbocycles. The molecular weight excluding hydrogens is 300 g/mol. The van der Waals surface area contributed by atoms with E-state index in [9.17, 15) is 5.11 Å². The Kier molecular flexibility index (Phi) is 3.73. The zero-order valence-corrected chi connectivity index (χ0v) is 11.4. The Morgan fingerprint density at radius 2 is 2.47 bits per heavy atom. The molecule has 1 aliphatic rings. The standard InChI is InChI=1S/C10H12BrClO2S/c1-5-2-6(4-14-5)9(13)8-3-7(12)10(11)15-8/h3,5-6,9,13H,2,4H2,1H3. The Hall–Kier alpha value is 0.390. The zero-order chi connectivity index (χ0) is 11.0. The van der Waals surface area contributed by atoms with Gasteiger partial charge >= 0.3 is 0 Å². The van der Waals surface area contributed by atoms with Gasteiger partial charge in [-0.3, -0.25) is 0 Å². The summed E-state index contributed by atoms with van der Waals surface area (Å²) in [7, 11) is 0. The summed E-state index contributed by atoms with van der Waals surface area (Å²) in [4.78, 5) is 0.912. The molecule has 3 atom stereocenters. The Labute approximate surface area is 106 Å². The summed E-state index contributed by atoms with van der Waals surface area (Å²) in [5.41, 5.74) is 0. The molecule has 1 aliphatic heterocycles. The van der Waals surface area contributed by atoms with Crippen LogP contribution in [0.1, 0.15) is 24.3 Å². The Bertz CT molecular complexity index is 336. The van der Waals surface area contributed by atoms with Crippen LogP contribution in [0.4, 0.5) is 0 Å². The first-order valence-electron chi connectivity index (χ1n) is 4.82. The van der Waals surface area contributed by atoms with Gasteiger partial charge in [0.05, 0.1) is 27.6 Å². The second-order valence-corrected chi connectivity index (χ2v) is 6.66. The minimum atomic E-state index is -0.455. The molecule has 0 bridgehead atoms. The Morgan fingerprint density at radius 1 is 1.73 bits per heavy atom. The number of halogens is 2. The lowest BCUT2D eigenvalue weighted by Crippen LogP contribution is -2.11. The smallest absolute Gasteiger partial charge is 0.0933 e. The molecule has 2 nitrogen and oxygen atoms in total. The van der Waals surface area contributed by atoms with Crippen molar-refractivity contribution in [3.8, 4) is 0 Å². The van der Waals surface area contributed by atoms with Crippen molar-refractivity contribution in [3.05, 3.63) is 19.8 Å². The van der Waals surface area contributed by atoms with Crippen LogP contribution in [0.25, 0.3) is 0 Å². The Balaban J connectivity index is 2.10. The van der Waals surface area contributed by atoms with E-state index in [1.54, 1.807) is 0 Å². The van der Waals surface area contributed by atoms with Gasteiger partial charge in [0.25, 0.3) is 0 Å². The van der Waals surface area contributed by atoms with Crippen molar-refractivity contribution in [2.45, 2.75) is 25.6 Å². The second-order valence-electron chi connectivity index (χ2n) is 3.85. The third-order valence-electron chi connectivity index (χ3n) is 2.63. The fourth-order valence-corrected chi connectivity index (χ4v) is 3.64. The highest BCUT2D eigenvalue weighted by Crippen LogP contribution is 2.40. The normalized spacial score (nSPS) is 28.3. The average Bonchev–Trinajstić information content (AvgIpc) is 2.74. The van der Waals surface area contributed by atoms with Crippen molar-refractivity contribution in [2.75, 3.05) is 6.61 Å². The molecule has 1 saturated heterocycles. The molecule has 84 valence electrons. The molecule has 0 amide bonds. The van der Waals surface area contributed by atoms with Crippen molar-refractivity contribution < 1.29 is 9.84 Å². The number of aliphatic hydroxyl groups excluding tert-OH is 1. The highest BCUT2D eigenvalue weighted by molar-refractivity contribution is 9.11. The first-order chi connectivity index (χ1) is 7.08. The van der Waals surface area contributed by atoms with E-state index >= 15 is 0 Å². The van der Waals surface area contributed by atoms with Gasteiger partial charge in [0.1, 0.15) is 0 Å². The van der Waals surface area contributed by atoms with Crippen molar-refractivity contribution in [1.82, 2.24) is 0 Å². The van der Waals surface area contributed by atoms with E-state index in [2.05, 4.69) is 15.9 Å². The predicted molar refractivity (Wildman–Crippen MR) is 65.5 cm³/mol. The van der Waals surface area contributed by atoms with Gasteiger partial charge in [0.15, 0.2) is 0 Å². The Morgan fingerprint density at radius 3 is 2.93 bits per heavy atom. The molecule has 2 rings (SSSR count). The average molecular weight is 312 g/mol. The summed E-state index contributed by atoms with van der Waals surface area (Å²) in [5, 5.41) is 10.8. The van der Waals surface area contributed by atoms with Crippen molar-refractivity contribution in [1.29, 1.82) is 0 Å². The van der Waals surface area contributed by atoms with Gasteiger partial charge in [0, 0.05) is 10.8 Å². The van der Waals surface area contributed by atoms with Gasteiger partial charge in [-0.25, -0.2) is 0 Å². The second kappa shape index (κ2) is 4.72. The van der Waals surface area contributed by atoms with Crippen LogP contribution in [0.15, 0.2) is 9.85 Å². The molecule has 2 heterocycles. The molecule has 0 aliphatic carbocycles. The minimum absolute atomic E-state index is 0.196. The van der Waals surface area contributed by atoms with Crippen LogP contribution in [0.3, 0.4) is 0 Å². The zero-order valence-electron chi connectivity index (χ0n) is 8.24. The highest BCUT2D eigenvalue weighted by atomic mass is 79.9. The molecule has 15 heavy (non-hydrogen) atoms. The summed E-state index contributed by atoms with van der Waals surface area (Å²) in [6.07, 6.45) is 0.709. The van der Waals surface area contributed by atoms with Crippen LogP contribution >= 0.6 is 38.9 Å². The monoisotopic (exact) mass is 310 g/mol. The lowest BCUT2D eigenvalue weighted by Gasteiger charge is -2.14. The fraction of sp³-hybridized carbons (Fsp3) is 0.600. The van der Waals surface area contributed by atoms with Crippen LogP contribution in [-0.2, 0) is 4.74 Å². The van der Waals surface area contributed by atoms with Crippen molar-refractivity contribution in [2.24, 2.45) is 5.92 Å². The maximum absolute atomic E-state index is 10.1. The van der Waals surface area contributed by atoms with E-state index in [0.717, 1.165) is 15.1 Å². The van der Waals surface area contributed by atoms with E-state index in [0.29, 0.717) is 11.6 Å². The van der Waals surface area contributed by atoms with Gasteiger partial charge in [-0.2, -0.15) is 0 Å². The third-order valence-corrected chi connectivity index (χ3v) is 5.18. The number of thiophene rings is 1. The van der Waals surface area contributed by atoms with Gasteiger partial charge < -0.3 is 9.84 Å². The molecule has 1 aromatic heterocycles. The molecule has 1 N–H and O–H groups in total. The largest absolute Gasteiger partial charge is 0.387 e. The highest BCUT2D eigenvalue weighted by Gasteiger charge is 2.30. The molecule has 1 aromatic rings. The van der Waals surface area contributed by atoms with Gasteiger partial charge in [-0.1, -0.05) is 11.6 Å². The number of hydrogen-bond acceptors (Lipinski definition) is 3. The number of aliphatic hydroxyl groups is 1. The molecule has 1 fully saturated rings. The number of hydrogen-bond donors (Lipinski definition) is 1. The van der Waals surface area contributed by atoms with E-state index in [4.69, 9.17) is 16.3 Å². The molecule has 0 saturated carbocycles. The van der Waals surface area contributed by atoms with Crippen molar-refractivity contribution >= 4 is 38.9 Å².